The molecule has 1 aliphatic rings. The van der Waals surface area contributed by atoms with Gasteiger partial charge in [0.1, 0.15) is 12.9 Å². The van der Waals surface area contributed by atoms with Gasteiger partial charge in [0, 0.05) is 6.04 Å². The van der Waals surface area contributed by atoms with E-state index in [1.165, 1.54) is 15.9 Å². The fourth-order valence-electron chi connectivity index (χ4n) is 2.16. The van der Waals surface area contributed by atoms with E-state index >= 15 is 0 Å². The minimum atomic E-state index is -3.08. The molecular formula is C11H15N5O3S. The van der Waals surface area contributed by atoms with Gasteiger partial charge >= 0.3 is 0 Å². The first-order valence-corrected chi connectivity index (χ1v) is 7.82. The van der Waals surface area contributed by atoms with Crippen LogP contribution in [0.4, 0.5) is 5.95 Å². The molecule has 1 saturated heterocycles. The number of amides is 1. The average molecular weight is 297 g/mol. The topological polar surface area (TPSA) is 111 Å². The van der Waals surface area contributed by atoms with Crippen molar-refractivity contribution in [2.75, 3.05) is 23.8 Å². The number of nitrogen functional groups attached to an aromatic ring is 1. The van der Waals surface area contributed by atoms with E-state index in [1.807, 2.05) is 0 Å². The number of rotatable bonds is 4. The number of aromatic nitrogens is 3. The summed E-state index contributed by atoms with van der Waals surface area (Å²) in [4.78, 5) is 17.3. The summed E-state index contributed by atoms with van der Waals surface area (Å²) < 4.78 is 24.3. The Morgan fingerprint density at radius 1 is 1.65 bits per heavy atom. The summed E-state index contributed by atoms with van der Waals surface area (Å²) in [7, 11) is -3.08. The van der Waals surface area contributed by atoms with Crippen LogP contribution in [-0.2, 0) is 21.2 Å². The van der Waals surface area contributed by atoms with Crippen molar-refractivity contribution in [3.8, 4) is 12.3 Å². The second kappa shape index (κ2) is 5.50. The van der Waals surface area contributed by atoms with Crippen molar-refractivity contribution in [2.24, 2.45) is 0 Å². The third-order valence-corrected chi connectivity index (χ3v) is 4.83. The van der Waals surface area contributed by atoms with Gasteiger partial charge in [-0.05, 0) is 6.42 Å². The summed E-state index contributed by atoms with van der Waals surface area (Å²) in [5, 5.41) is 3.81. The molecule has 1 aliphatic heterocycles. The maximum absolute atomic E-state index is 12.2. The Labute approximate surface area is 116 Å². The second-order valence-corrected chi connectivity index (χ2v) is 6.81. The van der Waals surface area contributed by atoms with Gasteiger partial charge in [-0.25, -0.2) is 18.1 Å². The number of anilines is 1. The highest BCUT2D eigenvalue weighted by atomic mass is 32.2. The molecule has 2 rings (SSSR count). The lowest BCUT2D eigenvalue weighted by Crippen LogP contribution is -2.43. The molecule has 2 heterocycles. The number of nitrogens with zero attached hydrogens (tertiary/aromatic N) is 4. The van der Waals surface area contributed by atoms with Crippen molar-refractivity contribution in [3.63, 3.8) is 0 Å². The molecule has 1 amide bonds. The maximum Gasteiger partial charge on any atom is 0.245 e. The Balaban J connectivity index is 2.08. The zero-order valence-electron chi connectivity index (χ0n) is 10.8. The van der Waals surface area contributed by atoms with Gasteiger partial charge in [-0.2, -0.15) is 0 Å². The third-order valence-electron chi connectivity index (χ3n) is 3.08. The predicted molar refractivity (Wildman–Crippen MR) is 72.0 cm³/mol. The Kier molecular flexibility index (Phi) is 3.94. The molecule has 1 unspecified atom stereocenters. The molecule has 9 heteroatoms. The standard InChI is InChI=1S/C11H15N5O3S/c1-2-4-16(9-3-5-20(18,19)7-9)10(17)6-15-8-13-11(12)14-15/h1,8-9H,3-7H2,(H2,12,14). The molecular weight excluding hydrogens is 282 g/mol. The normalized spacial score (nSPS) is 20.4. The first-order chi connectivity index (χ1) is 9.41. The molecule has 2 N–H and O–H groups in total. The van der Waals surface area contributed by atoms with Crippen molar-refractivity contribution in [1.29, 1.82) is 0 Å². The predicted octanol–water partition coefficient (Wildman–Crippen LogP) is -1.49. The smallest absolute Gasteiger partial charge is 0.245 e. The molecule has 1 atom stereocenters. The Morgan fingerprint density at radius 2 is 2.40 bits per heavy atom. The molecule has 1 fully saturated rings. The van der Waals surface area contributed by atoms with E-state index in [4.69, 9.17) is 12.2 Å². The number of terminal acetylenes is 1. The number of carbonyl (C=O) groups is 1. The van der Waals surface area contributed by atoms with Crippen LogP contribution in [0.25, 0.3) is 0 Å². The summed E-state index contributed by atoms with van der Waals surface area (Å²) in [6.45, 7) is 0.00558. The first kappa shape index (κ1) is 14.3. The summed E-state index contributed by atoms with van der Waals surface area (Å²) in [6.07, 6.45) is 7.00. The molecule has 0 radical (unpaired) electrons. The molecule has 0 aliphatic carbocycles. The molecule has 1 aromatic rings. The zero-order valence-corrected chi connectivity index (χ0v) is 11.6. The van der Waals surface area contributed by atoms with E-state index in [1.54, 1.807) is 0 Å². The van der Waals surface area contributed by atoms with Crippen LogP contribution in [0.5, 0.6) is 0 Å². The quantitative estimate of drug-likeness (QED) is 0.678. The van der Waals surface area contributed by atoms with E-state index < -0.39 is 9.84 Å². The van der Waals surface area contributed by atoms with Gasteiger partial charge in [-0.15, -0.1) is 11.5 Å². The van der Waals surface area contributed by atoms with Crippen molar-refractivity contribution >= 4 is 21.7 Å². The van der Waals surface area contributed by atoms with Crippen molar-refractivity contribution in [1.82, 2.24) is 19.7 Å². The molecule has 108 valence electrons. The monoisotopic (exact) mass is 297 g/mol. The first-order valence-electron chi connectivity index (χ1n) is 5.99. The van der Waals surface area contributed by atoms with E-state index in [0.717, 1.165) is 0 Å². The van der Waals surface area contributed by atoms with Crippen LogP contribution in [0.3, 0.4) is 0 Å². The molecule has 0 bridgehead atoms. The fourth-order valence-corrected chi connectivity index (χ4v) is 3.89. The zero-order chi connectivity index (χ0) is 14.8. The van der Waals surface area contributed by atoms with Crippen LogP contribution < -0.4 is 5.73 Å². The van der Waals surface area contributed by atoms with Gasteiger partial charge in [0.2, 0.25) is 11.9 Å². The summed E-state index contributed by atoms with van der Waals surface area (Å²) in [6, 6.07) is -0.371. The second-order valence-electron chi connectivity index (χ2n) is 4.58. The van der Waals surface area contributed by atoms with Crippen molar-refractivity contribution in [2.45, 2.75) is 19.0 Å². The van der Waals surface area contributed by atoms with Crippen LogP contribution in [-0.4, -0.2) is 58.1 Å². The van der Waals surface area contributed by atoms with Gasteiger partial charge in [-0.1, -0.05) is 5.92 Å². The van der Waals surface area contributed by atoms with Crippen LogP contribution in [0, 0.1) is 12.3 Å². The van der Waals surface area contributed by atoms with Crippen LogP contribution in [0.15, 0.2) is 6.33 Å². The van der Waals surface area contributed by atoms with Gasteiger partial charge in [0.25, 0.3) is 0 Å². The minimum absolute atomic E-state index is 0.0417. The van der Waals surface area contributed by atoms with Crippen molar-refractivity contribution < 1.29 is 13.2 Å². The van der Waals surface area contributed by atoms with Gasteiger partial charge < -0.3 is 10.6 Å². The number of hydrogen-bond donors (Lipinski definition) is 1. The molecule has 0 aromatic carbocycles. The van der Waals surface area contributed by atoms with Gasteiger partial charge in [0.15, 0.2) is 9.84 Å². The average Bonchev–Trinajstić information content (AvgIpc) is 2.92. The van der Waals surface area contributed by atoms with Gasteiger partial charge in [0.05, 0.1) is 18.1 Å². The maximum atomic E-state index is 12.2. The fraction of sp³-hybridized carbons (Fsp3) is 0.545. The highest BCUT2D eigenvalue weighted by Crippen LogP contribution is 2.18. The highest BCUT2D eigenvalue weighted by molar-refractivity contribution is 7.91. The third kappa shape index (κ3) is 3.27. The largest absolute Gasteiger partial charge is 0.367 e. The highest BCUT2D eigenvalue weighted by Gasteiger charge is 2.34. The number of hydrogen-bond acceptors (Lipinski definition) is 6. The Bertz CT molecular complexity index is 645. The van der Waals surface area contributed by atoms with E-state index in [2.05, 4.69) is 16.0 Å². The Morgan fingerprint density at radius 3 is 2.90 bits per heavy atom. The molecule has 0 spiro atoms. The van der Waals surface area contributed by atoms with Gasteiger partial charge in [-0.3, -0.25) is 4.79 Å². The minimum Gasteiger partial charge on any atom is -0.367 e. The lowest BCUT2D eigenvalue weighted by atomic mass is 10.2. The lowest BCUT2D eigenvalue weighted by molar-refractivity contribution is -0.133. The number of sulfone groups is 1. The number of carbonyl (C=O) groups excluding carboxylic acids is 1. The van der Waals surface area contributed by atoms with Crippen LogP contribution in [0.2, 0.25) is 0 Å². The summed E-state index contributed by atoms with van der Waals surface area (Å²) >= 11 is 0. The van der Waals surface area contributed by atoms with E-state index in [9.17, 15) is 13.2 Å². The summed E-state index contributed by atoms with van der Waals surface area (Å²) in [5.41, 5.74) is 5.37. The number of nitrogens with two attached hydrogens (primary N) is 1. The molecule has 20 heavy (non-hydrogen) atoms. The molecule has 8 nitrogen and oxygen atoms in total. The van der Waals surface area contributed by atoms with E-state index in [-0.39, 0.29) is 42.5 Å². The summed E-state index contributed by atoms with van der Waals surface area (Å²) in [5.74, 6) is 2.21. The van der Waals surface area contributed by atoms with Crippen molar-refractivity contribution in [3.05, 3.63) is 6.33 Å². The lowest BCUT2D eigenvalue weighted by Gasteiger charge is -2.26. The van der Waals surface area contributed by atoms with Crippen LogP contribution in [0.1, 0.15) is 6.42 Å². The van der Waals surface area contributed by atoms with Crippen LogP contribution >= 0.6 is 0 Å². The Hall–Kier alpha value is -2.08. The van der Waals surface area contributed by atoms with E-state index in [0.29, 0.717) is 6.42 Å². The SMILES string of the molecule is C#CCN(C(=O)Cn1cnc(N)n1)C1CCS(=O)(=O)C1. The molecule has 0 saturated carbocycles. The molecule has 1 aromatic heterocycles.